The second-order valence-corrected chi connectivity index (χ2v) is 6.08. The van der Waals surface area contributed by atoms with Crippen LogP contribution in [0, 0.1) is 6.92 Å². The van der Waals surface area contributed by atoms with Gasteiger partial charge < -0.3 is 15.4 Å². The average molecular weight is 329 g/mol. The van der Waals surface area contributed by atoms with Crippen LogP contribution < -0.4 is 15.4 Å². The zero-order valence-corrected chi connectivity index (χ0v) is 15.1. The molecular weight excluding hydrogens is 302 g/mol. The van der Waals surface area contributed by atoms with Gasteiger partial charge in [-0.05, 0) is 32.4 Å². The van der Waals surface area contributed by atoms with Gasteiger partial charge in [-0.25, -0.2) is 0 Å². The molecule has 0 saturated carbocycles. The number of ether oxygens (including phenoxy) is 1. The van der Waals surface area contributed by atoms with E-state index in [4.69, 9.17) is 4.74 Å². The maximum Gasteiger partial charge on any atom is 0.191 e. The molecule has 6 nitrogen and oxygen atoms in total. The van der Waals surface area contributed by atoms with Crippen molar-refractivity contribution in [2.75, 3.05) is 7.05 Å². The van der Waals surface area contributed by atoms with Crippen LogP contribution in [0.5, 0.6) is 5.75 Å². The Balaban J connectivity index is 1.95. The highest BCUT2D eigenvalue weighted by atomic mass is 16.5. The third kappa shape index (κ3) is 5.30. The zero-order valence-electron chi connectivity index (χ0n) is 15.1. The van der Waals surface area contributed by atoms with E-state index in [1.807, 2.05) is 33.3 Å². The van der Waals surface area contributed by atoms with Crippen LogP contribution in [0.2, 0.25) is 0 Å². The summed E-state index contributed by atoms with van der Waals surface area (Å²) in [5.41, 5.74) is 3.41. The molecule has 2 aromatic rings. The van der Waals surface area contributed by atoms with E-state index in [1.54, 1.807) is 11.7 Å². The first-order valence-corrected chi connectivity index (χ1v) is 8.16. The highest BCUT2D eigenvalue weighted by Gasteiger charge is 2.07. The molecule has 0 aliphatic heterocycles. The maximum atomic E-state index is 5.91. The number of benzene rings is 1. The molecule has 2 rings (SSSR count). The van der Waals surface area contributed by atoms with Gasteiger partial charge in [-0.15, -0.1) is 0 Å². The van der Waals surface area contributed by atoms with Crippen molar-refractivity contribution >= 4 is 5.96 Å². The monoisotopic (exact) mass is 329 g/mol. The summed E-state index contributed by atoms with van der Waals surface area (Å²) in [5, 5.41) is 10.8. The summed E-state index contributed by atoms with van der Waals surface area (Å²) in [4.78, 5) is 4.26. The van der Waals surface area contributed by atoms with Crippen LogP contribution in [0.15, 0.2) is 35.6 Å². The second-order valence-electron chi connectivity index (χ2n) is 6.08. The maximum absolute atomic E-state index is 5.91. The predicted molar refractivity (Wildman–Crippen MR) is 97.2 cm³/mol. The molecule has 0 unspecified atom stereocenters. The van der Waals surface area contributed by atoms with Gasteiger partial charge in [-0.1, -0.05) is 12.1 Å². The molecule has 0 bridgehead atoms. The number of rotatable bonds is 6. The number of nitrogens with one attached hydrogen (secondary N) is 2. The van der Waals surface area contributed by atoms with Crippen molar-refractivity contribution in [3.8, 4) is 5.75 Å². The number of nitrogens with zero attached hydrogens (tertiary/aromatic N) is 3. The lowest BCUT2D eigenvalue weighted by atomic mass is 10.1. The van der Waals surface area contributed by atoms with E-state index in [2.05, 4.69) is 45.8 Å². The second kappa shape index (κ2) is 8.38. The van der Waals surface area contributed by atoms with Crippen molar-refractivity contribution < 1.29 is 4.74 Å². The quantitative estimate of drug-likeness (QED) is 0.631. The SMILES string of the molecule is CN=C(NCc1cnn(C)c1)NCc1ccc(C)cc1OC(C)C. The van der Waals surface area contributed by atoms with Gasteiger partial charge in [-0.2, -0.15) is 5.10 Å². The summed E-state index contributed by atoms with van der Waals surface area (Å²) in [6.07, 6.45) is 3.97. The third-order valence-electron chi connectivity index (χ3n) is 3.47. The molecule has 0 spiro atoms. The van der Waals surface area contributed by atoms with Gasteiger partial charge in [0.2, 0.25) is 0 Å². The van der Waals surface area contributed by atoms with Gasteiger partial charge >= 0.3 is 0 Å². The molecule has 1 aromatic heterocycles. The van der Waals surface area contributed by atoms with Crippen LogP contribution in [0.25, 0.3) is 0 Å². The van der Waals surface area contributed by atoms with Crippen molar-refractivity contribution in [2.24, 2.45) is 12.0 Å². The molecule has 2 N–H and O–H groups in total. The molecular formula is C18H27N5O. The molecule has 0 fully saturated rings. The van der Waals surface area contributed by atoms with Crippen molar-refractivity contribution in [2.45, 2.75) is 40.0 Å². The summed E-state index contributed by atoms with van der Waals surface area (Å²) < 4.78 is 7.70. The molecule has 0 amide bonds. The van der Waals surface area contributed by atoms with Crippen molar-refractivity contribution in [3.05, 3.63) is 47.3 Å². The topological polar surface area (TPSA) is 63.5 Å². The zero-order chi connectivity index (χ0) is 17.5. The molecule has 0 radical (unpaired) electrons. The summed E-state index contributed by atoms with van der Waals surface area (Å²) >= 11 is 0. The first-order chi connectivity index (χ1) is 11.5. The molecule has 24 heavy (non-hydrogen) atoms. The number of guanidine groups is 1. The molecule has 130 valence electrons. The van der Waals surface area contributed by atoms with Crippen LogP contribution >= 0.6 is 0 Å². The summed E-state index contributed by atoms with van der Waals surface area (Å²) in [7, 11) is 3.67. The Morgan fingerprint density at radius 2 is 2.04 bits per heavy atom. The van der Waals surface area contributed by atoms with Crippen LogP contribution in [-0.4, -0.2) is 28.9 Å². The fourth-order valence-corrected chi connectivity index (χ4v) is 2.32. The van der Waals surface area contributed by atoms with Crippen molar-refractivity contribution in [1.29, 1.82) is 0 Å². The number of hydrogen-bond donors (Lipinski definition) is 2. The predicted octanol–water partition coefficient (Wildman–Crippen LogP) is 2.38. The van der Waals surface area contributed by atoms with E-state index in [1.165, 1.54) is 5.56 Å². The Hall–Kier alpha value is -2.50. The van der Waals surface area contributed by atoms with Crippen molar-refractivity contribution in [1.82, 2.24) is 20.4 Å². The van der Waals surface area contributed by atoms with Crippen LogP contribution in [0.4, 0.5) is 0 Å². The van der Waals surface area contributed by atoms with Crippen LogP contribution in [0.3, 0.4) is 0 Å². The van der Waals surface area contributed by atoms with Crippen LogP contribution in [-0.2, 0) is 20.1 Å². The number of aromatic nitrogens is 2. The van der Waals surface area contributed by atoms with Crippen LogP contribution in [0.1, 0.15) is 30.5 Å². The summed E-state index contributed by atoms with van der Waals surface area (Å²) in [5.74, 6) is 1.66. The van der Waals surface area contributed by atoms with Gasteiger partial charge in [-0.3, -0.25) is 9.67 Å². The normalized spacial score (nSPS) is 11.7. The molecule has 1 aromatic carbocycles. The lowest BCUT2D eigenvalue weighted by Crippen LogP contribution is -2.36. The highest BCUT2D eigenvalue weighted by Crippen LogP contribution is 2.21. The Labute approximate surface area is 143 Å². The third-order valence-corrected chi connectivity index (χ3v) is 3.47. The van der Waals surface area contributed by atoms with E-state index in [9.17, 15) is 0 Å². The van der Waals surface area contributed by atoms with Crippen molar-refractivity contribution in [3.63, 3.8) is 0 Å². The standard InChI is InChI=1S/C18H27N5O/c1-13(2)24-17-8-14(3)6-7-16(17)11-21-18(19-4)20-9-15-10-22-23(5)12-15/h6-8,10,12-13H,9,11H2,1-5H3,(H2,19,20,21). The van der Waals surface area contributed by atoms with E-state index >= 15 is 0 Å². The molecule has 6 heteroatoms. The average Bonchev–Trinajstić information content (AvgIpc) is 2.94. The lowest BCUT2D eigenvalue weighted by molar-refractivity contribution is 0.239. The Morgan fingerprint density at radius 1 is 1.29 bits per heavy atom. The minimum Gasteiger partial charge on any atom is -0.491 e. The first kappa shape index (κ1) is 17.8. The molecule has 0 aliphatic carbocycles. The smallest absolute Gasteiger partial charge is 0.191 e. The fraction of sp³-hybridized carbons (Fsp3) is 0.444. The van der Waals surface area contributed by atoms with E-state index in [0.29, 0.717) is 13.1 Å². The number of aryl methyl sites for hydroxylation is 2. The molecule has 0 saturated heterocycles. The Kier molecular flexibility index (Phi) is 6.23. The number of hydrogen-bond acceptors (Lipinski definition) is 3. The Morgan fingerprint density at radius 3 is 2.67 bits per heavy atom. The van der Waals surface area contributed by atoms with E-state index in [0.717, 1.165) is 22.8 Å². The van der Waals surface area contributed by atoms with Gasteiger partial charge in [0.25, 0.3) is 0 Å². The molecule has 1 heterocycles. The molecule has 0 atom stereocenters. The Bertz CT molecular complexity index is 690. The minimum absolute atomic E-state index is 0.147. The first-order valence-electron chi connectivity index (χ1n) is 8.16. The van der Waals surface area contributed by atoms with E-state index in [-0.39, 0.29) is 6.10 Å². The minimum atomic E-state index is 0.147. The molecule has 0 aliphatic rings. The number of aliphatic imine (C=N–C) groups is 1. The van der Waals surface area contributed by atoms with Gasteiger partial charge in [0.05, 0.1) is 12.3 Å². The summed E-state index contributed by atoms with van der Waals surface area (Å²) in [6, 6.07) is 6.26. The highest BCUT2D eigenvalue weighted by molar-refractivity contribution is 5.79. The summed E-state index contributed by atoms with van der Waals surface area (Å²) in [6.45, 7) is 7.46. The van der Waals surface area contributed by atoms with E-state index < -0.39 is 0 Å². The van der Waals surface area contributed by atoms with Gasteiger partial charge in [0, 0.05) is 44.5 Å². The largest absolute Gasteiger partial charge is 0.491 e. The lowest BCUT2D eigenvalue weighted by Gasteiger charge is -2.17. The fourth-order valence-electron chi connectivity index (χ4n) is 2.32. The van der Waals surface area contributed by atoms with Gasteiger partial charge in [0.1, 0.15) is 5.75 Å². The van der Waals surface area contributed by atoms with Gasteiger partial charge in [0.15, 0.2) is 5.96 Å².